The van der Waals surface area contributed by atoms with Gasteiger partial charge in [0.15, 0.2) is 0 Å². The summed E-state index contributed by atoms with van der Waals surface area (Å²) in [5.41, 5.74) is 0.0671. The van der Waals surface area contributed by atoms with Crippen molar-refractivity contribution in [1.29, 1.82) is 0 Å². The molecule has 2 fully saturated rings. The number of nitrogens with one attached hydrogen (secondary N) is 3. The molecule has 134 valence electrons. The number of sulfonamides is 1. The van der Waals surface area contributed by atoms with Gasteiger partial charge in [0.05, 0.1) is 0 Å². The molecular formula is C16H31N3O3S. The van der Waals surface area contributed by atoms with E-state index in [0.29, 0.717) is 12.5 Å². The average Bonchev–Trinajstić information content (AvgIpc) is 2.48. The van der Waals surface area contributed by atoms with Gasteiger partial charge in [0.25, 0.3) is 0 Å². The normalized spacial score (nSPS) is 28.3. The van der Waals surface area contributed by atoms with Crippen molar-refractivity contribution in [2.24, 2.45) is 11.3 Å². The van der Waals surface area contributed by atoms with E-state index in [4.69, 9.17) is 0 Å². The number of carbonyl (C=O) groups is 1. The summed E-state index contributed by atoms with van der Waals surface area (Å²) in [5.74, 6) is -0.195. The Morgan fingerprint density at radius 3 is 2.39 bits per heavy atom. The van der Waals surface area contributed by atoms with Crippen LogP contribution < -0.4 is 15.4 Å². The number of piperidine rings is 1. The van der Waals surface area contributed by atoms with E-state index in [-0.39, 0.29) is 11.5 Å². The molecule has 0 aromatic rings. The maximum Gasteiger partial charge on any atom is 0.236 e. The standard InChI is InChI=1S/C16H31N3O3S/c1-13-3-5-14(6-4-13)19-23(21,22)11-15(20)18-12-16(2)7-9-17-10-8-16/h13-14,17,19H,3-12H2,1-2H3,(H,18,20). The Bertz CT molecular complexity index is 493. The Morgan fingerprint density at radius 1 is 1.17 bits per heavy atom. The van der Waals surface area contributed by atoms with E-state index in [0.717, 1.165) is 51.6 Å². The third-order valence-electron chi connectivity index (χ3n) is 5.21. The molecule has 2 rings (SSSR count). The first-order valence-electron chi connectivity index (χ1n) is 8.75. The molecule has 7 heteroatoms. The van der Waals surface area contributed by atoms with Gasteiger partial charge in [-0.2, -0.15) is 0 Å². The van der Waals surface area contributed by atoms with E-state index in [1.807, 2.05) is 0 Å². The topological polar surface area (TPSA) is 87.3 Å². The van der Waals surface area contributed by atoms with Crippen LogP contribution in [0.4, 0.5) is 0 Å². The smallest absolute Gasteiger partial charge is 0.236 e. The lowest BCUT2D eigenvalue weighted by Gasteiger charge is -2.34. The molecule has 1 aliphatic heterocycles. The molecule has 1 saturated carbocycles. The third kappa shape index (κ3) is 6.39. The zero-order chi connectivity index (χ0) is 16.9. The van der Waals surface area contributed by atoms with Crippen molar-refractivity contribution in [3.63, 3.8) is 0 Å². The number of hydrogen-bond acceptors (Lipinski definition) is 4. The van der Waals surface area contributed by atoms with Crippen molar-refractivity contribution in [3.8, 4) is 0 Å². The molecular weight excluding hydrogens is 314 g/mol. The highest BCUT2D eigenvalue weighted by atomic mass is 32.2. The van der Waals surface area contributed by atoms with Crippen molar-refractivity contribution in [2.45, 2.75) is 58.4 Å². The summed E-state index contributed by atoms with van der Waals surface area (Å²) in [7, 11) is -3.55. The lowest BCUT2D eigenvalue weighted by Crippen LogP contribution is -2.46. The van der Waals surface area contributed by atoms with Crippen LogP contribution in [0.25, 0.3) is 0 Å². The van der Waals surface area contributed by atoms with E-state index in [9.17, 15) is 13.2 Å². The van der Waals surface area contributed by atoms with Crippen LogP contribution in [-0.2, 0) is 14.8 Å². The summed E-state index contributed by atoms with van der Waals surface area (Å²) >= 11 is 0. The second-order valence-electron chi connectivity index (χ2n) is 7.67. The summed E-state index contributed by atoms with van der Waals surface area (Å²) in [6.45, 7) is 6.78. The largest absolute Gasteiger partial charge is 0.355 e. The molecule has 1 heterocycles. The zero-order valence-electron chi connectivity index (χ0n) is 14.4. The van der Waals surface area contributed by atoms with Crippen LogP contribution in [0.3, 0.4) is 0 Å². The zero-order valence-corrected chi connectivity index (χ0v) is 15.2. The first-order valence-corrected chi connectivity index (χ1v) is 10.4. The van der Waals surface area contributed by atoms with Gasteiger partial charge >= 0.3 is 0 Å². The summed E-state index contributed by atoms with van der Waals surface area (Å²) in [4.78, 5) is 12.0. The fraction of sp³-hybridized carbons (Fsp3) is 0.938. The minimum absolute atomic E-state index is 0.00839. The van der Waals surface area contributed by atoms with Crippen molar-refractivity contribution >= 4 is 15.9 Å². The minimum atomic E-state index is -3.55. The molecule has 1 aliphatic carbocycles. The summed E-state index contributed by atoms with van der Waals surface area (Å²) in [6, 6.07) is -0.00839. The maximum atomic E-state index is 12.1. The van der Waals surface area contributed by atoms with E-state index >= 15 is 0 Å². The van der Waals surface area contributed by atoms with Crippen LogP contribution >= 0.6 is 0 Å². The van der Waals surface area contributed by atoms with Gasteiger partial charge in [0.1, 0.15) is 5.75 Å². The molecule has 1 amide bonds. The summed E-state index contributed by atoms with van der Waals surface area (Å²) in [6.07, 6.45) is 5.83. The Morgan fingerprint density at radius 2 is 1.78 bits per heavy atom. The Kier molecular flexibility index (Phi) is 6.45. The molecule has 6 nitrogen and oxygen atoms in total. The van der Waals surface area contributed by atoms with E-state index in [1.165, 1.54) is 0 Å². The molecule has 0 aromatic carbocycles. The van der Waals surface area contributed by atoms with Gasteiger partial charge in [-0.05, 0) is 62.9 Å². The number of amides is 1. The van der Waals surface area contributed by atoms with E-state index in [1.54, 1.807) is 0 Å². The van der Waals surface area contributed by atoms with Crippen LogP contribution in [-0.4, -0.2) is 45.8 Å². The molecule has 0 bridgehead atoms. The van der Waals surface area contributed by atoms with Gasteiger partial charge in [0, 0.05) is 12.6 Å². The molecule has 2 aliphatic rings. The van der Waals surface area contributed by atoms with Gasteiger partial charge in [-0.25, -0.2) is 13.1 Å². The Hall–Kier alpha value is -0.660. The molecule has 0 spiro atoms. The molecule has 0 atom stereocenters. The van der Waals surface area contributed by atoms with Gasteiger partial charge in [-0.3, -0.25) is 4.79 Å². The Balaban J connectivity index is 1.74. The lowest BCUT2D eigenvalue weighted by molar-refractivity contribution is -0.119. The first-order chi connectivity index (χ1) is 10.8. The van der Waals surface area contributed by atoms with Crippen molar-refractivity contribution in [1.82, 2.24) is 15.4 Å². The number of carbonyl (C=O) groups excluding carboxylic acids is 1. The van der Waals surface area contributed by atoms with Gasteiger partial charge in [-0.1, -0.05) is 13.8 Å². The highest BCUT2D eigenvalue weighted by Crippen LogP contribution is 2.26. The van der Waals surface area contributed by atoms with Crippen molar-refractivity contribution < 1.29 is 13.2 Å². The van der Waals surface area contributed by atoms with Gasteiger partial charge in [0.2, 0.25) is 15.9 Å². The summed E-state index contributed by atoms with van der Waals surface area (Å²) in [5, 5.41) is 6.10. The van der Waals surface area contributed by atoms with Gasteiger partial charge in [-0.15, -0.1) is 0 Å². The van der Waals surface area contributed by atoms with Crippen LogP contribution in [0.1, 0.15) is 52.4 Å². The fourth-order valence-corrected chi connectivity index (χ4v) is 4.69. The molecule has 0 unspecified atom stereocenters. The summed E-state index contributed by atoms with van der Waals surface area (Å²) < 4.78 is 27.0. The second-order valence-corrected chi connectivity index (χ2v) is 9.42. The third-order valence-corrected chi connectivity index (χ3v) is 6.54. The Labute approximate surface area is 140 Å². The predicted molar refractivity (Wildman–Crippen MR) is 91.6 cm³/mol. The van der Waals surface area contributed by atoms with E-state index in [2.05, 4.69) is 29.2 Å². The van der Waals surface area contributed by atoms with Crippen LogP contribution in [0.5, 0.6) is 0 Å². The van der Waals surface area contributed by atoms with Crippen LogP contribution in [0.15, 0.2) is 0 Å². The SMILES string of the molecule is CC1CCC(NS(=O)(=O)CC(=O)NCC2(C)CCNCC2)CC1. The van der Waals surface area contributed by atoms with Crippen LogP contribution in [0.2, 0.25) is 0 Å². The van der Waals surface area contributed by atoms with Crippen molar-refractivity contribution in [3.05, 3.63) is 0 Å². The van der Waals surface area contributed by atoms with E-state index < -0.39 is 21.7 Å². The number of rotatable bonds is 6. The molecule has 0 aromatic heterocycles. The first kappa shape index (κ1) is 18.7. The van der Waals surface area contributed by atoms with Gasteiger partial charge < -0.3 is 10.6 Å². The maximum absolute atomic E-state index is 12.1. The lowest BCUT2D eigenvalue weighted by atomic mass is 9.81. The molecule has 3 N–H and O–H groups in total. The highest BCUT2D eigenvalue weighted by Gasteiger charge is 2.29. The van der Waals surface area contributed by atoms with Crippen molar-refractivity contribution in [2.75, 3.05) is 25.4 Å². The average molecular weight is 346 g/mol. The number of hydrogen-bond donors (Lipinski definition) is 3. The molecule has 0 radical (unpaired) electrons. The predicted octanol–water partition coefficient (Wildman–Crippen LogP) is 0.990. The monoisotopic (exact) mass is 345 g/mol. The quantitative estimate of drug-likeness (QED) is 0.670. The second kappa shape index (κ2) is 7.94. The molecule has 23 heavy (non-hydrogen) atoms. The molecule has 1 saturated heterocycles. The minimum Gasteiger partial charge on any atom is -0.355 e. The fourth-order valence-electron chi connectivity index (χ4n) is 3.42. The van der Waals surface area contributed by atoms with Crippen LogP contribution in [0, 0.1) is 11.3 Å². The highest BCUT2D eigenvalue weighted by molar-refractivity contribution is 7.90.